The second-order valence-electron chi connectivity index (χ2n) is 7.21. The Balaban J connectivity index is 1.67. The summed E-state index contributed by atoms with van der Waals surface area (Å²) in [5.74, 6) is -10.0. The van der Waals surface area contributed by atoms with Gasteiger partial charge in [0.1, 0.15) is 57.8 Å². The van der Waals surface area contributed by atoms with Gasteiger partial charge in [-0.2, -0.15) is 5.26 Å². The van der Waals surface area contributed by atoms with Gasteiger partial charge in [-0.1, -0.05) is 0 Å². The summed E-state index contributed by atoms with van der Waals surface area (Å²) in [7, 11) is 0. The van der Waals surface area contributed by atoms with Crippen molar-refractivity contribution in [3.05, 3.63) is 88.0 Å². The standard InChI is InChI=1S/C23H11F6NO2/c24-15-7-13(8-16(25)14(15)9-30)32-23(31)22-19(28)5-12(6-20(22)29)21-17(26)3-11(4-18(21)27)10-1-2-10/h3-8,10H,1-2H2. The lowest BCUT2D eigenvalue weighted by Gasteiger charge is -2.11. The Bertz CT molecular complexity index is 1240. The van der Waals surface area contributed by atoms with Gasteiger partial charge in [-0.3, -0.25) is 0 Å². The average Bonchev–Trinajstić information content (AvgIpc) is 3.52. The normalized spacial score (nSPS) is 13.0. The van der Waals surface area contributed by atoms with Gasteiger partial charge in [0, 0.05) is 12.1 Å². The molecule has 0 heterocycles. The van der Waals surface area contributed by atoms with Crippen molar-refractivity contribution in [2.45, 2.75) is 18.8 Å². The van der Waals surface area contributed by atoms with E-state index < -0.39 is 68.9 Å². The molecule has 0 aliphatic heterocycles. The van der Waals surface area contributed by atoms with E-state index in [1.54, 1.807) is 0 Å². The molecule has 1 aliphatic carbocycles. The third-order valence-electron chi connectivity index (χ3n) is 4.99. The van der Waals surface area contributed by atoms with Crippen molar-refractivity contribution in [1.82, 2.24) is 0 Å². The molecule has 1 aliphatic rings. The SMILES string of the molecule is N#Cc1c(F)cc(OC(=O)c2c(F)cc(-c3c(F)cc(C4CC4)cc3F)cc2F)cc1F. The summed E-state index contributed by atoms with van der Waals surface area (Å²) in [6.45, 7) is 0. The van der Waals surface area contributed by atoms with Crippen LogP contribution in [0.1, 0.15) is 40.2 Å². The number of nitrogens with zero attached hydrogens (tertiary/aromatic N) is 1. The predicted octanol–water partition coefficient (Wildman–Crippen LogP) is 6.16. The van der Waals surface area contributed by atoms with E-state index >= 15 is 0 Å². The Hall–Kier alpha value is -3.80. The number of carbonyl (C=O) groups excluding carboxylic acids is 1. The summed E-state index contributed by atoms with van der Waals surface area (Å²) in [5, 5.41) is 8.64. The Morgan fingerprint density at radius 1 is 0.812 bits per heavy atom. The van der Waals surface area contributed by atoms with Crippen LogP contribution in [0.5, 0.6) is 5.75 Å². The molecule has 0 radical (unpaired) electrons. The first kappa shape index (κ1) is 21.4. The van der Waals surface area contributed by atoms with Gasteiger partial charge in [0.25, 0.3) is 0 Å². The van der Waals surface area contributed by atoms with Crippen molar-refractivity contribution in [2.24, 2.45) is 0 Å². The van der Waals surface area contributed by atoms with E-state index in [-0.39, 0.29) is 5.92 Å². The van der Waals surface area contributed by atoms with Crippen molar-refractivity contribution in [1.29, 1.82) is 5.26 Å². The summed E-state index contributed by atoms with van der Waals surface area (Å²) < 4.78 is 89.9. The van der Waals surface area contributed by atoms with Crippen molar-refractivity contribution in [3.63, 3.8) is 0 Å². The van der Waals surface area contributed by atoms with Crippen LogP contribution in [0.3, 0.4) is 0 Å². The Morgan fingerprint density at radius 3 is 1.81 bits per heavy atom. The molecule has 0 unspecified atom stereocenters. The first-order valence-electron chi connectivity index (χ1n) is 9.29. The molecule has 9 heteroatoms. The minimum Gasteiger partial charge on any atom is -0.423 e. The maximum Gasteiger partial charge on any atom is 0.349 e. The fourth-order valence-electron chi connectivity index (χ4n) is 3.31. The van der Waals surface area contributed by atoms with Crippen molar-refractivity contribution < 1.29 is 35.9 Å². The summed E-state index contributed by atoms with van der Waals surface area (Å²) in [6, 6.07) is 5.56. The number of benzene rings is 3. The quantitative estimate of drug-likeness (QED) is 0.274. The zero-order chi connectivity index (χ0) is 23.2. The van der Waals surface area contributed by atoms with Crippen molar-refractivity contribution >= 4 is 5.97 Å². The van der Waals surface area contributed by atoms with Gasteiger partial charge in [0.05, 0.1) is 5.56 Å². The van der Waals surface area contributed by atoms with E-state index in [1.165, 1.54) is 6.07 Å². The van der Waals surface area contributed by atoms with Crippen molar-refractivity contribution in [2.75, 3.05) is 0 Å². The number of nitriles is 1. The lowest BCUT2D eigenvalue weighted by molar-refractivity contribution is 0.0724. The molecule has 0 amide bonds. The lowest BCUT2D eigenvalue weighted by atomic mass is 9.99. The van der Waals surface area contributed by atoms with Gasteiger partial charge in [0.15, 0.2) is 0 Å². The van der Waals surface area contributed by atoms with E-state index in [4.69, 9.17) is 5.26 Å². The molecular formula is C23H11F6NO2. The third kappa shape index (κ3) is 3.91. The highest BCUT2D eigenvalue weighted by atomic mass is 19.2. The molecule has 0 aromatic heterocycles. The Kier molecular flexibility index (Phi) is 5.38. The van der Waals surface area contributed by atoms with Crippen LogP contribution in [0.4, 0.5) is 26.3 Å². The second-order valence-corrected chi connectivity index (χ2v) is 7.21. The van der Waals surface area contributed by atoms with Gasteiger partial charge < -0.3 is 4.74 Å². The summed E-state index contributed by atoms with van der Waals surface area (Å²) in [6.07, 6.45) is 1.59. The third-order valence-corrected chi connectivity index (χ3v) is 4.99. The minimum absolute atomic E-state index is 0.0515. The molecule has 162 valence electrons. The summed E-state index contributed by atoms with van der Waals surface area (Å²) >= 11 is 0. The highest BCUT2D eigenvalue weighted by Gasteiger charge is 2.28. The van der Waals surface area contributed by atoms with Gasteiger partial charge in [-0.05, 0) is 54.2 Å². The average molecular weight is 447 g/mol. The molecule has 0 spiro atoms. The van der Waals surface area contributed by atoms with Crippen LogP contribution in [0, 0.1) is 46.2 Å². The van der Waals surface area contributed by atoms with Gasteiger partial charge >= 0.3 is 5.97 Å². The minimum atomic E-state index is -1.64. The summed E-state index contributed by atoms with van der Waals surface area (Å²) in [4.78, 5) is 12.2. The molecule has 0 saturated heterocycles. The number of esters is 1. The van der Waals surface area contributed by atoms with Gasteiger partial charge in [0.2, 0.25) is 0 Å². The molecule has 3 aromatic carbocycles. The molecule has 0 atom stereocenters. The van der Waals surface area contributed by atoms with Crippen LogP contribution in [0.25, 0.3) is 11.1 Å². The predicted molar refractivity (Wildman–Crippen MR) is 99.7 cm³/mol. The van der Waals surface area contributed by atoms with Crippen LogP contribution in [0.2, 0.25) is 0 Å². The zero-order valence-corrected chi connectivity index (χ0v) is 16.0. The summed E-state index contributed by atoms with van der Waals surface area (Å²) in [5.41, 5.74) is -2.85. The van der Waals surface area contributed by atoms with Gasteiger partial charge in [-0.25, -0.2) is 31.1 Å². The molecular weight excluding hydrogens is 436 g/mol. The monoisotopic (exact) mass is 447 g/mol. The molecule has 1 fully saturated rings. The maximum atomic E-state index is 14.5. The zero-order valence-electron chi connectivity index (χ0n) is 16.0. The number of carbonyl (C=O) groups is 1. The van der Waals surface area contributed by atoms with E-state index in [1.807, 2.05) is 0 Å². The first-order chi connectivity index (χ1) is 15.2. The molecule has 32 heavy (non-hydrogen) atoms. The molecule has 3 aromatic rings. The second kappa shape index (κ2) is 8.04. The van der Waals surface area contributed by atoms with Crippen LogP contribution in [-0.4, -0.2) is 5.97 Å². The van der Waals surface area contributed by atoms with E-state index in [0.29, 0.717) is 29.8 Å². The van der Waals surface area contributed by atoms with Crippen molar-refractivity contribution in [3.8, 4) is 22.9 Å². The number of hydrogen-bond donors (Lipinski definition) is 0. The van der Waals surface area contributed by atoms with E-state index in [9.17, 15) is 31.1 Å². The van der Waals surface area contributed by atoms with Crippen LogP contribution in [-0.2, 0) is 0 Å². The topological polar surface area (TPSA) is 50.1 Å². The van der Waals surface area contributed by atoms with Crippen LogP contribution in [0.15, 0.2) is 36.4 Å². The molecule has 0 N–H and O–H groups in total. The molecule has 0 bridgehead atoms. The van der Waals surface area contributed by atoms with E-state index in [2.05, 4.69) is 4.74 Å². The molecule has 3 nitrogen and oxygen atoms in total. The maximum absolute atomic E-state index is 14.5. The highest BCUT2D eigenvalue weighted by Crippen LogP contribution is 2.42. The molecule has 4 rings (SSSR count). The highest BCUT2D eigenvalue weighted by molar-refractivity contribution is 5.92. The van der Waals surface area contributed by atoms with Gasteiger partial charge in [-0.15, -0.1) is 0 Å². The largest absolute Gasteiger partial charge is 0.423 e. The number of hydrogen-bond acceptors (Lipinski definition) is 3. The fourth-order valence-corrected chi connectivity index (χ4v) is 3.31. The van der Waals surface area contributed by atoms with Crippen LogP contribution >= 0.6 is 0 Å². The fraction of sp³-hybridized carbons (Fsp3) is 0.130. The van der Waals surface area contributed by atoms with E-state index in [0.717, 1.165) is 25.0 Å². The first-order valence-corrected chi connectivity index (χ1v) is 9.29. The van der Waals surface area contributed by atoms with Crippen LogP contribution < -0.4 is 4.74 Å². The Labute approximate surface area is 177 Å². The smallest absolute Gasteiger partial charge is 0.349 e. The molecule has 1 saturated carbocycles. The number of ether oxygens (including phenoxy) is 1. The Morgan fingerprint density at radius 2 is 1.34 bits per heavy atom. The number of rotatable bonds is 4. The lowest BCUT2D eigenvalue weighted by Crippen LogP contribution is -2.14. The number of halogens is 6.